The van der Waals surface area contributed by atoms with Crippen LogP contribution in [0.25, 0.3) is 0 Å². The predicted molar refractivity (Wildman–Crippen MR) is 91.5 cm³/mol. The van der Waals surface area contributed by atoms with Gasteiger partial charge in [0.1, 0.15) is 12.2 Å². The number of alkyl halides is 1. The standard InChI is InChI=1S/C18H19FN4O4/c19-12-7-20-8-13(12)21-6-9-1-2-10-11(5-9)18(27)23(17(10)26)14-3-4-15(24)22-16(14)25/h1-2,5,12-14,20-21H,3-4,6-8H2,(H,22,24,25)/t12-,13+,14?/m0/s1. The normalized spacial score (nSPS) is 27.9. The molecule has 2 fully saturated rings. The van der Waals surface area contributed by atoms with Crippen LogP contribution in [0.5, 0.6) is 0 Å². The van der Waals surface area contributed by atoms with E-state index in [-0.39, 0.29) is 30.0 Å². The smallest absolute Gasteiger partial charge is 0.262 e. The predicted octanol–water partition coefficient (Wildman–Crippen LogP) is -0.513. The molecule has 142 valence electrons. The highest BCUT2D eigenvalue weighted by Gasteiger charge is 2.44. The number of carbonyl (C=O) groups excluding carboxylic acids is 4. The largest absolute Gasteiger partial charge is 0.312 e. The van der Waals surface area contributed by atoms with E-state index >= 15 is 0 Å². The Kier molecular flexibility index (Phi) is 4.48. The Labute approximate surface area is 154 Å². The van der Waals surface area contributed by atoms with Gasteiger partial charge in [0.25, 0.3) is 11.8 Å². The van der Waals surface area contributed by atoms with E-state index < -0.39 is 35.8 Å². The van der Waals surface area contributed by atoms with E-state index in [1.165, 1.54) is 0 Å². The van der Waals surface area contributed by atoms with Gasteiger partial charge < -0.3 is 10.6 Å². The number of rotatable bonds is 4. The Balaban J connectivity index is 1.51. The first-order chi connectivity index (χ1) is 13.0. The van der Waals surface area contributed by atoms with Gasteiger partial charge in [-0.2, -0.15) is 0 Å². The molecule has 0 aromatic heterocycles. The zero-order valence-electron chi connectivity index (χ0n) is 14.5. The molecule has 4 rings (SSSR count). The summed E-state index contributed by atoms with van der Waals surface area (Å²) in [7, 11) is 0. The van der Waals surface area contributed by atoms with Crippen LogP contribution in [0, 0.1) is 0 Å². The highest BCUT2D eigenvalue weighted by molar-refractivity contribution is 6.23. The molecule has 1 unspecified atom stereocenters. The lowest BCUT2D eigenvalue weighted by Gasteiger charge is -2.27. The van der Waals surface area contributed by atoms with E-state index in [0.717, 1.165) is 10.5 Å². The van der Waals surface area contributed by atoms with E-state index in [9.17, 15) is 23.6 Å². The lowest BCUT2D eigenvalue weighted by molar-refractivity contribution is -0.136. The van der Waals surface area contributed by atoms with Crippen molar-refractivity contribution in [1.82, 2.24) is 20.9 Å². The lowest BCUT2D eigenvalue weighted by Crippen LogP contribution is -2.54. The van der Waals surface area contributed by atoms with E-state index in [2.05, 4.69) is 16.0 Å². The van der Waals surface area contributed by atoms with Crippen LogP contribution >= 0.6 is 0 Å². The molecule has 3 aliphatic heterocycles. The number of nitrogens with one attached hydrogen (secondary N) is 3. The zero-order chi connectivity index (χ0) is 19.1. The second-order valence-electron chi connectivity index (χ2n) is 6.99. The van der Waals surface area contributed by atoms with Gasteiger partial charge in [-0.25, -0.2) is 4.39 Å². The highest BCUT2D eigenvalue weighted by Crippen LogP contribution is 2.28. The lowest BCUT2D eigenvalue weighted by atomic mass is 10.0. The molecule has 27 heavy (non-hydrogen) atoms. The van der Waals surface area contributed by atoms with Gasteiger partial charge in [-0.3, -0.25) is 29.4 Å². The summed E-state index contributed by atoms with van der Waals surface area (Å²) in [5, 5.41) is 8.23. The van der Waals surface area contributed by atoms with Crippen LogP contribution in [0.15, 0.2) is 18.2 Å². The monoisotopic (exact) mass is 374 g/mol. The minimum atomic E-state index is -0.978. The summed E-state index contributed by atoms with van der Waals surface area (Å²) < 4.78 is 13.7. The van der Waals surface area contributed by atoms with E-state index in [0.29, 0.717) is 19.6 Å². The quantitative estimate of drug-likeness (QED) is 0.613. The second kappa shape index (κ2) is 6.82. The Morgan fingerprint density at radius 1 is 1.11 bits per heavy atom. The van der Waals surface area contributed by atoms with Crippen molar-refractivity contribution in [1.29, 1.82) is 0 Å². The third-order valence-corrected chi connectivity index (χ3v) is 5.21. The van der Waals surface area contributed by atoms with Gasteiger partial charge in [-0.1, -0.05) is 6.07 Å². The van der Waals surface area contributed by atoms with Crippen LogP contribution in [-0.2, 0) is 16.1 Å². The number of halogens is 1. The molecular formula is C18H19FN4O4. The van der Waals surface area contributed by atoms with Crippen molar-refractivity contribution >= 4 is 23.6 Å². The minimum Gasteiger partial charge on any atom is -0.312 e. The molecule has 1 aromatic carbocycles. The Hall–Kier alpha value is -2.65. The SMILES string of the molecule is O=C1CCC(N2C(=O)c3ccc(CN[C@@H]4CNC[C@@H]4F)cc3C2=O)C(=O)N1. The molecule has 8 nitrogen and oxygen atoms in total. The molecule has 0 spiro atoms. The van der Waals surface area contributed by atoms with Gasteiger partial charge in [0.2, 0.25) is 11.8 Å². The number of hydrogen-bond acceptors (Lipinski definition) is 6. The third-order valence-electron chi connectivity index (χ3n) is 5.21. The molecule has 0 radical (unpaired) electrons. The number of fused-ring (bicyclic) bond motifs is 1. The highest BCUT2D eigenvalue weighted by atomic mass is 19.1. The molecule has 4 amide bonds. The first kappa shape index (κ1) is 17.7. The van der Waals surface area contributed by atoms with Crippen molar-refractivity contribution in [3.8, 4) is 0 Å². The molecule has 3 atom stereocenters. The maximum absolute atomic E-state index is 13.7. The number of nitrogens with zero attached hydrogens (tertiary/aromatic N) is 1. The average molecular weight is 374 g/mol. The van der Waals surface area contributed by atoms with Crippen LogP contribution in [-0.4, -0.2) is 59.9 Å². The van der Waals surface area contributed by atoms with Crippen molar-refractivity contribution in [2.75, 3.05) is 13.1 Å². The molecule has 3 N–H and O–H groups in total. The molecular weight excluding hydrogens is 355 g/mol. The molecule has 9 heteroatoms. The maximum atomic E-state index is 13.7. The summed E-state index contributed by atoms with van der Waals surface area (Å²) in [6.45, 7) is 1.21. The van der Waals surface area contributed by atoms with Gasteiger partial charge in [-0.15, -0.1) is 0 Å². The van der Waals surface area contributed by atoms with Crippen molar-refractivity contribution in [2.45, 2.75) is 37.6 Å². The fourth-order valence-electron chi connectivity index (χ4n) is 3.72. The maximum Gasteiger partial charge on any atom is 0.262 e. The van der Waals surface area contributed by atoms with Crippen LogP contribution in [0.2, 0.25) is 0 Å². The number of carbonyl (C=O) groups is 4. The van der Waals surface area contributed by atoms with Gasteiger partial charge >= 0.3 is 0 Å². The minimum absolute atomic E-state index is 0.0821. The molecule has 3 aliphatic rings. The molecule has 3 heterocycles. The van der Waals surface area contributed by atoms with Crippen LogP contribution in [0.4, 0.5) is 4.39 Å². The molecule has 0 bridgehead atoms. The van der Waals surface area contributed by atoms with Crippen molar-refractivity contribution in [3.63, 3.8) is 0 Å². The molecule has 2 saturated heterocycles. The first-order valence-electron chi connectivity index (χ1n) is 8.88. The zero-order valence-corrected chi connectivity index (χ0v) is 14.5. The number of piperidine rings is 1. The van der Waals surface area contributed by atoms with Crippen LogP contribution in [0.3, 0.4) is 0 Å². The Bertz CT molecular complexity index is 843. The van der Waals surface area contributed by atoms with Crippen molar-refractivity contribution in [2.24, 2.45) is 0 Å². The summed E-state index contributed by atoms with van der Waals surface area (Å²) in [6.07, 6.45) is -0.763. The second-order valence-corrected chi connectivity index (χ2v) is 6.99. The summed E-state index contributed by atoms with van der Waals surface area (Å²) in [5.41, 5.74) is 1.21. The fourth-order valence-corrected chi connectivity index (χ4v) is 3.72. The number of amides is 4. The van der Waals surface area contributed by atoms with Crippen LogP contribution < -0.4 is 16.0 Å². The third kappa shape index (κ3) is 3.13. The van der Waals surface area contributed by atoms with E-state index in [4.69, 9.17) is 0 Å². The average Bonchev–Trinajstić information content (AvgIpc) is 3.15. The van der Waals surface area contributed by atoms with E-state index in [1.54, 1.807) is 18.2 Å². The summed E-state index contributed by atoms with van der Waals surface area (Å²) in [4.78, 5) is 49.7. The topological polar surface area (TPSA) is 108 Å². The van der Waals surface area contributed by atoms with Crippen molar-refractivity contribution < 1.29 is 23.6 Å². The molecule has 0 aliphatic carbocycles. The Morgan fingerprint density at radius 2 is 1.89 bits per heavy atom. The number of benzene rings is 1. The Morgan fingerprint density at radius 3 is 2.59 bits per heavy atom. The summed E-state index contributed by atoms with van der Waals surface area (Å²) in [6, 6.07) is 3.59. The van der Waals surface area contributed by atoms with E-state index in [1.807, 2.05) is 0 Å². The van der Waals surface area contributed by atoms with Gasteiger partial charge in [-0.05, 0) is 24.1 Å². The van der Waals surface area contributed by atoms with Crippen molar-refractivity contribution in [3.05, 3.63) is 34.9 Å². The fraction of sp³-hybridized carbons (Fsp3) is 0.444. The van der Waals surface area contributed by atoms with Crippen LogP contribution in [0.1, 0.15) is 39.1 Å². The van der Waals surface area contributed by atoms with Gasteiger partial charge in [0.15, 0.2) is 0 Å². The number of hydrogen-bond donors (Lipinski definition) is 3. The van der Waals surface area contributed by atoms with Gasteiger partial charge in [0.05, 0.1) is 17.2 Å². The summed E-state index contributed by atoms with van der Waals surface area (Å²) in [5.74, 6) is -2.12. The molecule has 0 saturated carbocycles. The summed E-state index contributed by atoms with van der Waals surface area (Å²) >= 11 is 0. The first-order valence-corrected chi connectivity index (χ1v) is 8.88. The number of imide groups is 2. The molecule has 1 aromatic rings. The van der Waals surface area contributed by atoms with Gasteiger partial charge in [0, 0.05) is 26.1 Å².